The molecule has 0 aliphatic heterocycles. The number of hydrogen-bond acceptors (Lipinski definition) is 3. The molecule has 1 aliphatic rings. The molecule has 0 unspecified atom stereocenters. The van der Waals surface area contributed by atoms with E-state index in [9.17, 15) is 13.2 Å². The third-order valence-electron chi connectivity index (χ3n) is 3.80. The second-order valence-electron chi connectivity index (χ2n) is 5.77. The van der Waals surface area contributed by atoms with Gasteiger partial charge in [-0.05, 0) is 18.4 Å². The van der Waals surface area contributed by atoms with Gasteiger partial charge in [-0.15, -0.1) is 0 Å². The standard InChI is InChI=1S/C16H23NO3S/c18-16(17-15-10-6-1-2-7-11-15)13-21(19,20)12-14-8-4-3-5-9-14/h3-5,8-9,15H,1-2,6-7,10-13H2,(H,17,18). The summed E-state index contributed by atoms with van der Waals surface area (Å²) in [6.45, 7) is 0. The zero-order chi connectivity index (χ0) is 15.1. The van der Waals surface area contributed by atoms with Gasteiger partial charge in [-0.25, -0.2) is 8.42 Å². The minimum atomic E-state index is -3.41. The quantitative estimate of drug-likeness (QED) is 0.850. The summed E-state index contributed by atoms with van der Waals surface area (Å²) in [5, 5.41) is 2.88. The lowest BCUT2D eigenvalue weighted by Crippen LogP contribution is -2.38. The third kappa shape index (κ3) is 5.87. The summed E-state index contributed by atoms with van der Waals surface area (Å²) in [5.41, 5.74) is 0.722. The second-order valence-corrected chi connectivity index (χ2v) is 7.84. The van der Waals surface area contributed by atoms with Crippen LogP contribution in [0.2, 0.25) is 0 Å². The minimum absolute atomic E-state index is 0.0775. The van der Waals surface area contributed by atoms with Crippen molar-refractivity contribution < 1.29 is 13.2 Å². The number of benzene rings is 1. The van der Waals surface area contributed by atoms with Gasteiger partial charge in [-0.3, -0.25) is 4.79 Å². The molecule has 1 aliphatic carbocycles. The highest BCUT2D eigenvalue weighted by molar-refractivity contribution is 7.91. The first kappa shape index (κ1) is 16.0. The summed E-state index contributed by atoms with van der Waals surface area (Å²) < 4.78 is 24.1. The van der Waals surface area contributed by atoms with Crippen LogP contribution in [0.3, 0.4) is 0 Å². The fraction of sp³-hybridized carbons (Fsp3) is 0.562. The molecule has 0 bridgehead atoms. The van der Waals surface area contributed by atoms with Crippen LogP contribution >= 0.6 is 0 Å². The Morgan fingerprint density at radius 1 is 1.05 bits per heavy atom. The largest absolute Gasteiger partial charge is 0.352 e. The molecule has 5 heteroatoms. The summed E-state index contributed by atoms with van der Waals surface area (Å²) in [4.78, 5) is 11.9. The zero-order valence-corrected chi connectivity index (χ0v) is 13.1. The van der Waals surface area contributed by atoms with Crippen LogP contribution in [0.25, 0.3) is 0 Å². The summed E-state index contributed by atoms with van der Waals surface area (Å²) in [5.74, 6) is -0.859. The first-order chi connectivity index (χ1) is 10.1. The Kier molecular flexibility index (Phi) is 5.79. The van der Waals surface area contributed by atoms with Crippen LogP contribution < -0.4 is 5.32 Å². The Morgan fingerprint density at radius 2 is 1.67 bits per heavy atom. The van der Waals surface area contributed by atoms with Gasteiger partial charge in [0.15, 0.2) is 9.84 Å². The predicted octanol–water partition coefficient (Wildman–Crippen LogP) is 2.44. The van der Waals surface area contributed by atoms with E-state index < -0.39 is 15.6 Å². The highest BCUT2D eigenvalue weighted by atomic mass is 32.2. The molecule has 116 valence electrons. The van der Waals surface area contributed by atoms with Crippen molar-refractivity contribution in [2.75, 3.05) is 5.75 Å². The second kappa shape index (κ2) is 7.59. The molecule has 21 heavy (non-hydrogen) atoms. The maximum absolute atomic E-state index is 12.1. The van der Waals surface area contributed by atoms with Crippen molar-refractivity contribution in [3.05, 3.63) is 35.9 Å². The average molecular weight is 309 g/mol. The Bertz CT molecular complexity index is 546. The predicted molar refractivity (Wildman–Crippen MR) is 83.6 cm³/mol. The molecule has 1 N–H and O–H groups in total. The Balaban J connectivity index is 1.86. The summed E-state index contributed by atoms with van der Waals surface area (Å²) in [7, 11) is -3.41. The summed E-state index contributed by atoms with van der Waals surface area (Å²) in [6.07, 6.45) is 6.57. The Labute approximate surface area is 126 Å². The van der Waals surface area contributed by atoms with Crippen molar-refractivity contribution in [1.29, 1.82) is 0 Å². The molecule has 1 amide bonds. The van der Waals surface area contributed by atoms with Gasteiger partial charge in [-0.1, -0.05) is 56.0 Å². The molecule has 1 aromatic carbocycles. The number of hydrogen-bond donors (Lipinski definition) is 1. The number of carbonyl (C=O) groups excluding carboxylic acids is 1. The highest BCUT2D eigenvalue weighted by Crippen LogP contribution is 2.17. The van der Waals surface area contributed by atoms with Crippen molar-refractivity contribution in [2.45, 2.75) is 50.3 Å². The van der Waals surface area contributed by atoms with Gasteiger partial charge in [-0.2, -0.15) is 0 Å². The average Bonchev–Trinajstić information content (AvgIpc) is 2.67. The van der Waals surface area contributed by atoms with E-state index in [4.69, 9.17) is 0 Å². The molecule has 0 heterocycles. The van der Waals surface area contributed by atoms with Gasteiger partial charge in [0.05, 0.1) is 5.75 Å². The first-order valence-corrected chi connectivity index (χ1v) is 9.41. The summed E-state index contributed by atoms with van der Waals surface area (Å²) >= 11 is 0. The molecule has 0 saturated heterocycles. The smallest absolute Gasteiger partial charge is 0.235 e. The van der Waals surface area contributed by atoms with E-state index in [1.165, 1.54) is 12.8 Å². The molecule has 0 aromatic heterocycles. The molecular weight excluding hydrogens is 286 g/mol. The van der Waals surface area contributed by atoms with Crippen LogP contribution in [0.4, 0.5) is 0 Å². The molecule has 1 aromatic rings. The minimum Gasteiger partial charge on any atom is -0.352 e. The number of amides is 1. The molecule has 4 nitrogen and oxygen atoms in total. The number of carbonyl (C=O) groups is 1. The van der Waals surface area contributed by atoms with Crippen LogP contribution in [0.1, 0.15) is 44.1 Å². The molecule has 1 saturated carbocycles. The number of rotatable bonds is 5. The van der Waals surface area contributed by atoms with E-state index in [-0.39, 0.29) is 17.7 Å². The van der Waals surface area contributed by atoms with Crippen molar-refractivity contribution >= 4 is 15.7 Å². The molecule has 0 spiro atoms. The first-order valence-electron chi connectivity index (χ1n) is 7.59. The van der Waals surface area contributed by atoms with Crippen LogP contribution in [0.5, 0.6) is 0 Å². The van der Waals surface area contributed by atoms with Gasteiger partial charge >= 0.3 is 0 Å². The normalized spacial score (nSPS) is 17.1. The van der Waals surface area contributed by atoms with E-state index >= 15 is 0 Å². The maximum Gasteiger partial charge on any atom is 0.235 e. The monoisotopic (exact) mass is 309 g/mol. The Hall–Kier alpha value is -1.36. The zero-order valence-electron chi connectivity index (χ0n) is 12.3. The van der Waals surface area contributed by atoms with Crippen molar-refractivity contribution in [3.8, 4) is 0 Å². The van der Waals surface area contributed by atoms with Gasteiger partial charge in [0.2, 0.25) is 5.91 Å². The molecule has 2 rings (SSSR count). The van der Waals surface area contributed by atoms with Gasteiger partial charge < -0.3 is 5.32 Å². The highest BCUT2D eigenvalue weighted by Gasteiger charge is 2.20. The lowest BCUT2D eigenvalue weighted by molar-refractivity contribution is -0.119. The molecule has 0 radical (unpaired) electrons. The van der Waals surface area contributed by atoms with Gasteiger partial charge in [0, 0.05) is 6.04 Å². The fourth-order valence-corrected chi connectivity index (χ4v) is 4.06. The fourth-order valence-electron chi connectivity index (χ4n) is 2.77. The van der Waals surface area contributed by atoms with Crippen molar-refractivity contribution in [2.24, 2.45) is 0 Å². The molecular formula is C16H23NO3S. The lowest BCUT2D eigenvalue weighted by Gasteiger charge is -2.16. The van der Waals surface area contributed by atoms with Crippen molar-refractivity contribution in [1.82, 2.24) is 5.32 Å². The number of sulfone groups is 1. The van der Waals surface area contributed by atoms with Crippen LogP contribution in [-0.4, -0.2) is 26.1 Å². The van der Waals surface area contributed by atoms with Gasteiger partial charge in [0.1, 0.15) is 5.75 Å². The lowest BCUT2D eigenvalue weighted by atomic mass is 10.1. The van der Waals surface area contributed by atoms with E-state index in [1.807, 2.05) is 6.07 Å². The van der Waals surface area contributed by atoms with Gasteiger partial charge in [0.25, 0.3) is 0 Å². The maximum atomic E-state index is 12.1. The molecule has 0 atom stereocenters. The van der Waals surface area contributed by atoms with Crippen LogP contribution in [0, 0.1) is 0 Å². The molecule has 1 fully saturated rings. The SMILES string of the molecule is O=C(CS(=O)(=O)Cc1ccccc1)NC1CCCCCC1. The van der Waals surface area contributed by atoms with Crippen LogP contribution in [0.15, 0.2) is 30.3 Å². The number of nitrogens with one attached hydrogen (secondary N) is 1. The topological polar surface area (TPSA) is 63.2 Å². The van der Waals surface area contributed by atoms with E-state index in [2.05, 4.69) is 5.32 Å². The summed E-state index contributed by atoms with van der Waals surface area (Å²) in [6, 6.07) is 9.12. The Morgan fingerprint density at radius 3 is 2.29 bits per heavy atom. The van der Waals surface area contributed by atoms with E-state index in [0.29, 0.717) is 0 Å². The van der Waals surface area contributed by atoms with Crippen molar-refractivity contribution in [3.63, 3.8) is 0 Å². The van der Waals surface area contributed by atoms with Crippen LogP contribution in [-0.2, 0) is 20.4 Å². The third-order valence-corrected chi connectivity index (χ3v) is 5.28. The van der Waals surface area contributed by atoms with E-state index in [0.717, 1.165) is 31.2 Å². The van der Waals surface area contributed by atoms with E-state index in [1.54, 1.807) is 24.3 Å².